The van der Waals surface area contributed by atoms with Crippen LogP contribution in [0.1, 0.15) is 19.3 Å². The van der Waals surface area contributed by atoms with Gasteiger partial charge in [0.15, 0.2) is 0 Å². The Bertz CT molecular complexity index is 339. The van der Waals surface area contributed by atoms with E-state index in [1.807, 2.05) is 0 Å². The molecule has 0 aromatic carbocycles. The Hall–Kier alpha value is -1.42. The van der Waals surface area contributed by atoms with Gasteiger partial charge in [0.25, 0.3) is 0 Å². The number of hydrogen-bond acceptors (Lipinski definition) is 3. The van der Waals surface area contributed by atoms with Crippen molar-refractivity contribution < 1.29 is 4.79 Å². The topological polar surface area (TPSA) is 68.0 Å². The van der Waals surface area contributed by atoms with Crippen LogP contribution in [0.15, 0.2) is 24.5 Å². The highest BCUT2D eigenvalue weighted by Crippen LogP contribution is 2.25. The van der Waals surface area contributed by atoms with Gasteiger partial charge in [0, 0.05) is 24.1 Å². The second-order valence-corrected chi connectivity index (χ2v) is 3.93. The molecule has 3 N–H and O–H groups in total. The van der Waals surface area contributed by atoms with Crippen LogP contribution < -0.4 is 11.1 Å². The maximum Gasteiger partial charge on any atom is 0.229 e. The largest absolute Gasteiger partial charge is 0.327 e. The number of nitrogens with zero attached hydrogens (tertiary/aromatic N) is 1. The minimum atomic E-state index is -0.0295. The summed E-state index contributed by atoms with van der Waals surface area (Å²) in [5.41, 5.74) is 6.65. The molecule has 2 atom stereocenters. The first-order chi connectivity index (χ1) is 7.27. The van der Waals surface area contributed by atoms with Crippen LogP contribution >= 0.6 is 0 Å². The first-order valence-electron chi connectivity index (χ1n) is 5.24. The van der Waals surface area contributed by atoms with Crippen molar-refractivity contribution in [1.29, 1.82) is 0 Å². The van der Waals surface area contributed by atoms with E-state index in [9.17, 15) is 4.79 Å². The Morgan fingerprint density at radius 3 is 2.73 bits per heavy atom. The smallest absolute Gasteiger partial charge is 0.229 e. The summed E-state index contributed by atoms with van der Waals surface area (Å²) in [6.07, 6.45) is 6.22. The summed E-state index contributed by atoms with van der Waals surface area (Å²) in [5, 5.41) is 2.86. The third-order valence-electron chi connectivity index (χ3n) is 2.85. The number of carbonyl (C=O) groups excluding carboxylic acids is 1. The lowest BCUT2D eigenvalue weighted by Crippen LogP contribution is -2.34. The van der Waals surface area contributed by atoms with Crippen LogP contribution in [0, 0.1) is 5.92 Å². The van der Waals surface area contributed by atoms with E-state index >= 15 is 0 Å². The van der Waals surface area contributed by atoms with Crippen LogP contribution in [0.3, 0.4) is 0 Å². The average Bonchev–Trinajstić information content (AvgIpc) is 2.66. The van der Waals surface area contributed by atoms with Crippen molar-refractivity contribution in [3.8, 4) is 0 Å². The molecule has 80 valence electrons. The first-order valence-corrected chi connectivity index (χ1v) is 5.24. The van der Waals surface area contributed by atoms with Crippen molar-refractivity contribution >= 4 is 11.6 Å². The van der Waals surface area contributed by atoms with Gasteiger partial charge >= 0.3 is 0 Å². The van der Waals surface area contributed by atoms with Gasteiger partial charge in [-0.05, 0) is 25.0 Å². The fourth-order valence-corrected chi connectivity index (χ4v) is 1.98. The molecule has 1 aromatic rings. The van der Waals surface area contributed by atoms with E-state index in [-0.39, 0.29) is 17.9 Å². The monoisotopic (exact) mass is 205 g/mol. The predicted octanol–water partition coefficient (Wildman–Crippen LogP) is 1.15. The normalized spacial score (nSPS) is 25.1. The van der Waals surface area contributed by atoms with E-state index in [2.05, 4.69) is 10.3 Å². The molecule has 4 heteroatoms. The average molecular weight is 205 g/mol. The third kappa shape index (κ3) is 2.33. The van der Waals surface area contributed by atoms with Crippen molar-refractivity contribution in [2.45, 2.75) is 25.3 Å². The van der Waals surface area contributed by atoms with Crippen LogP contribution in [-0.4, -0.2) is 16.9 Å². The third-order valence-corrected chi connectivity index (χ3v) is 2.85. The number of nitrogens with one attached hydrogen (secondary N) is 1. The van der Waals surface area contributed by atoms with E-state index in [0.717, 1.165) is 24.9 Å². The number of rotatable bonds is 2. The van der Waals surface area contributed by atoms with Gasteiger partial charge in [-0.15, -0.1) is 0 Å². The molecule has 1 heterocycles. The van der Waals surface area contributed by atoms with Gasteiger partial charge in [0.05, 0.1) is 5.92 Å². The lowest BCUT2D eigenvalue weighted by molar-refractivity contribution is -0.120. The molecule has 1 aliphatic carbocycles. The van der Waals surface area contributed by atoms with Crippen molar-refractivity contribution in [3.63, 3.8) is 0 Å². The number of nitrogens with two attached hydrogens (primary N) is 1. The van der Waals surface area contributed by atoms with Crippen LogP contribution in [-0.2, 0) is 4.79 Å². The van der Waals surface area contributed by atoms with Crippen LogP contribution in [0.5, 0.6) is 0 Å². The molecular weight excluding hydrogens is 190 g/mol. The molecular formula is C11H15N3O. The highest BCUT2D eigenvalue weighted by molar-refractivity contribution is 5.93. The molecule has 1 amide bonds. The number of carbonyl (C=O) groups is 1. The number of anilines is 1. The highest BCUT2D eigenvalue weighted by Gasteiger charge is 2.30. The molecule has 1 fully saturated rings. The SMILES string of the molecule is NC1CCCC1C(=O)Nc1ccncc1. The van der Waals surface area contributed by atoms with Gasteiger partial charge in [-0.25, -0.2) is 0 Å². The fraction of sp³-hybridized carbons (Fsp3) is 0.455. The predicted molar refractivity (Wildman–Crippen MR) is 58.2 cm³/mol. The molecule has 2 rings (SSSR count). The summed E-state index contributed by atoms with van der Waals surface area (Å²) in [6, 6.07) is 3.57. The zero-order valence-electron chi connectivity index (χ0n) is 8.52. The molecule has 1 aliphatic rings. The molecule has 0 saturated heterocycles. The molecule has 0 bridgehead atoms. The van der Waals surface area contributed by atoms with Gasteiger partial charge in [-0.1, -0.05) is 6.42 Å². The minimum Gasteiger partial charge on any atom is -0.327 e. The summed E-state index contributed by atoms with van der Waals surface area (Å²) in [6.45, 7) is 0. The van der Waals surface area contributed by atoms with E-state index < -0.39 is 0 Å². The van der Waals surface area contributed by atoms with Gasteiger partial charge < -0.3 is 11.1 Å². The van der Waals surface area contributed by atoms with E-state index in [1.54, 1.807) is 24.5 Å². The van der Waals surface area contributed by atoms with Gasteiger partial charge in [-0.2, -0.15) is 0 Å². The van der Waals surface area contributed by atoms with Crippen molar-refractivity contribution in [3.05, 3.63) is 24.5 Å². The van der Waals surface area contributed by atoms with Crippen molar-refractivity contribution in [2.75, 3.05) is 5.32 Å². The van der Waals surface area contributed by atoms with Crippen molar-refractivity contribution in [2.24, 2.45) is 11.7 Å². The Labute approximate surface area is 88.9 Å². The van der Waals surface area contributed by atoms with E-state index in [1.165, 1.54) is 0 Å². The van der Waals surface area contributed by atoms with Crippen LogP contribution in [0.25, 0.3) is 0 Å². The zero-order valence-corrected chi connectivity index (χ0v) is 8.52. The molecule has 1 saturated carbocycles. The Balaban J connectivity index is 1.98. The number of aromatic nitrogens is 1. The molecule has 0 spiro atoms. The molecule has 1 aromatic heterocycles. The second kappa shape index (κ2) is 4.40. The Kier molecular flexibility index (Phi) is 2.97. The van der Waals surface area contributed by atoms with E-state index in [4.69, 9.17) is 5.73 Å². The second-order valence-electron chi connectivity index (χ2n) is 3.93. The fourth-order valence-electron chi connectivity index (χ4n) is 1.98. The maximum atomic E-state index is 11.8. The first kappa shape index (κ1) is 10.1. The Morgan fingerprint density at radius 1 is 1.40 bits per heavy atom. The molecule has 0 radical (unpaired) electrons. The lowest BCUT2D eigenvalue weighted by Gasteiger charge is -2.14. The minimum absolute atomic E-state index is 0.0202. The highest BCUT2D eigenvalue weighted by atomic mass is 16.1. The summed E-state index contributed by atoms with van der Waals surface area (Å²) in [5.74, 6) is 0.00404. The molecule has 0 aliphatic heterocycles. The molecule has 4 nitrogen and oxygen atoms in total. The summed E-state index contributed by atoms with van der Waals surface area (Å²) < 4.78 is 0. The summed E-state index contributed by atoms with van der Waals surface area (Å²) >= 11 is 0. The van der Waals surface area contributed by atoms with Crippen LogP contribution in [0.2, 0.25) is 0 Å². The molecule has 15 heavy (non-hydrogen) atoms. The summed E-state index contributed by atoms with van der Waals surface area (Å²) in [7, 11) is 0. The zero-order chi connectivity index (χ0) is 10.7. The Morgan fingerprint density at radius 2 is 2.13 bits per heavy atom. The standard InChI is InChI=1S/C11H15N3O/c12-10-3-1-2-9(10)11(15)14-8-4-6-13-7-5-8/h4-7,9-10H,1-3,12H2,(H,13,14,15). The van der Waals surface area contributed by atoms with Gasteiger partial charge in [0.2, 0.25) is 5.91 Å². The van der Waals surface area contributed by atoms with Crippen LogP contribution in [0.4, 0.5) is 5.69 Å². The molecule has 2 unspecified atom stereocenters. The van der Waals surface area contributed by atoms with E-state index in [0.29, 0.717) is 0 Å². The van der Waals surface area contributed by atoms with Crippen molar-refractivity contribution in [1.82, 2.24) is 4.98 Å². The lowest BCUT2D eigenvalue weighted by atomic mass is 10.0. The summed E-state index contributed by atoms with van der Waals surface area (Å²) in [4.78, 5) is 15.7. The maximum absolute atomic E-state index is 11.8. The quantitative estimate of drug-likeness (QED) is 0.761. The number of pyridine rings is 1. The number of hydrogen-bond donors (Lipinski definition) is 2. The van der Waals surface area contributed by atoms with Gasteiger partial charge in [0.1, 0.15) is 0 Å². The number of amides is 1. The van der Waals surface area contributed by atoms with Gasteiger partial charge in [-0.3, -0.25) is 9.78 Å².